The first kappa shape index (κ1) is 15.1. The van der Waals surface area contributed by atoms with Crippen molar-refractivity contribution in [2.75, 3.05) is 26.3 Å². The van der Waals surface area contributed by atoms with Gasteiger partial charge in [-0.2, -0.15) is 9.46 Å². The van der Waals surface area contributed by atoms with Gasteiger partial charge in [-0.15, -0.1) is 0 Å². The van der Waals surface area contributed by atoms with E-state index in [4.69, 9.17) is 9.68 Å². The summed E-state index contributed by atoms with van der Waals surface area (Å²) >= 11 is 0. The molecule has 0 saturated carbocycles. The zero-order valence-electron chi connectivity index (χ0n) is 11.0. The molecule has 0 aliphatic rings. The van der Waals surface area contributed by atoms with Crippen LogP contribution in [-0.2, 0) is 9.68 Å². The molecule has 5 heteroatoms. The van der Waals surface area contributed by atoms with Gasteiger partial charge in [0.1, 0.15) is 0 Å². The number of nitrogens with zero attached hydrogens (tertiary/aromatic N) is 2. The van der Waals surface area contributed by atoms with Crippen LogP contribution in [0.2, 0.25) is 13.1 Å². The Morgan fingerprint density at radius 1 is 0.800 bits per heavy atom. The molecule has 0 aliphatic heterocycles. The lowest BCUT2D eigenvalue weighted by Gasteiger charge is -2.41. The monoisotopic (exact) mass is 234 g/mol. The molecule has 0 unspecified atom stereocenters. The van der Waals surface area contributed by atoms with Crippen molar-refractivity contribution in [1.29, 1.82) is 0 Å². The summed E-state index contributed by atoms with van der Waals surface area (Å²) in [7, 11) is -1.78. The van der Waals surface area contributed by atoms with Gasteiger partial charge in [-0.25, -0.2) is 0 Å². The van der Waals surface area contributed by atoms with Crippen molar-refractivity contribution in [2.45, 2.75) is 40.8 Å². The Labute approximate surface area is 95.2 Å². The fourth-order valence-electron chi connectivity index (χ4n) is 1.71. The molecule has 4 nitrogen and oxygen atoms in total. The molecule has 0 N–H and O–H groups in total. The fourth-order valence-corrected chi connectivity index (χ4v) is 4.40. The molecule has 92 valence electrons. The summed E-state index contributed by atoms with van der Waals surface area (Å²) in [5, 5.41) is 0. The molecule has 0 bridgehead atoms. The SMILES string of the molecule is CCON(CC)[Si](C)(C)N(CC)OCC. The molecule has 0 aromatic heterocycles. The molecule has 0 aliphatic carbocycles. The highest BCUT2D eigenvalue weighted by atomic mass is 28.3. The summed E-state index contributed by atoms with van der Waals surface area (Å²) in [6.45, 7) is 16.0. The molecule has 0 saturated heterocycles. The molecule has 0 aromatic carbocycles. The molecule has 0 radical (unpaired) electrons. The minimum Gasteiger partial charge on any atom is -0.305 e. The van der Waals surface area contributed by atoms with Crippen LogP contribution in [0.25, 0.3) is 0 Å². The number of rotatable bonds is 8. The Morgan fingerprint density at radius 3 is 1.33 bits per heavy atom. The Bertz CT molecular complexity index is 152. The van der Waals surface area contributed by atoms with E-state index in [9.17, 15) is 0 Å². The summed E-state index contributed by atoms with van der Waals surface area (Å²) in [6.07, 6.45) is 0. The highest BCUT2D eigenvalue weighted by Crippen LogP contribution is 2.16. The molecule has 15 heavy (non-hydrogen) atoms. The van der Waals surface area contributed by atoms with Gasteiger partial charge < -0.3 is 9.68 Å². The standard InChI is InChI=1S/C10H26N2O2Si/c1-7-11(13-9-3)15(5,6)12(8-2)14-10-4/h7-10H2,1-6H3. The van der Waals surface area contributed by atoms with E-state index in [-0.39, 0.29) is 0 Å². The number of hydroxylamine groups is 2. The predicted molar refractivity (Wildman–Crippen MR) is 65.5 cm³/mol. The summed E-state index contributed by atoms with van der Waals surface area (Å²) < 4.78 is 4.18. The third-order valence-corrected chi connectivity index (χ3v) is 5.70. The van der Waals surface area contributed by atoms with E-state index in [0.717, 1.165) is 13.1 Å². The van der Waals surface area contributed by atoms with Gasteiger partial charge in [-0.3, -0.25) is 0 Å². The van der Waals surface area contributed by atoms with Gasteiger partial charge in [0.05, 0.1) is 13.2 Å². The Kier molecular flexibility index (Phi) is 7.38. The normalized spacial score (nSPS) is 12.8. The summed E-state index contributed by atoms with van der Waals surface area (Å²) in [6, 6.07) is 0. The molecule has 0 amide bonds. The van der Waals surface area contributed by atoms with Gasteiger partial charge in [-0.05, 0) is 26.9 Å². The van der Waals surface area contributed by atoms with E-state index in [2.05, 4.69) is 36.4 Å². The highest BCUT2D eigenvalue weighted by molar-refractivity contribution is 6.71. The van der Waals surface area contributed by atoms with Crippen LogP contribution in [0.15, 0.2) is 0 Å². The van der Waals surface area contributed by atoms with Crippen LogP contribution in [0.1, 0.15) is 27.7 Å². The van der Waals surface area contributed by atoms with E-state index >= 15 is 0 Å². The first-order valence-corrected chi connectivity index (χ1v) is 8.75. The molecule has 0 spiro atoms. The molecular weight excluding hydrogens is 208 g/mol. The lowest BCUT2D eigenvalue weighted by Crippen LogP contribution is -2.61. The third-order valence-electron chi connectivity index (χ3n) is 2.36. The lowest BCUT2D eigenvalue weighted by molar-refractivity contribution is -0.143. The lowest BCUT2D eigenvalue weighted by atomic mass is 10.8. The van der Waals surface area contributed by atoms with E-state index in [0.29, 0.717) is 13.2 Å². The van der Waals surface area contributed by atoms with Gasteiger partial charge in [0.2, 0.25) is 0 Å². The molecule has 0 atom stereocenters. The van der Waals surface area contributed by atoms with Crippen molar-refractivity contribution in [1.82, 2.24) is 9.46 Å². The van der Waals surface area contributed by atoms with Crippen molar-refractivity contribution >= 4 is 8.40 Å². The largest absolute Gasteiger partial charge is 0.305 e. The predicted octanol–water partition coefficient (Wildman–Crippen LogP) is 2.24. The van der Waals surface area contributed by atoms with Crippen LogP contribution >= 0.6 is 0 Å². The van der Waals surface area contributed by atoms with Crippen molar-refractivity contribution < 1.29 is 9.68 Å². The minimum absolute atomic E-state index is 0.716. The molecule has 0 heterocycles. The quantitative estimate of drug-likeness (QED) is 0.475. The zero-order valence-corrected chi connectivity index (χ0v) is 12.0. The van der Waals surface area contributed by atoms with Crippen LogP contribution in [0, 0.1) is 0 Å². The second kappa shape index (κ2) is 7.35. The molecule has 0 rings (SSSR count). The van der Waals surface area contributed by atoms with Crippen LogP contribution in [-0.4, -0.2) is 44.2 Å². The van der Waals surface area contributed by atoms with Crippen LogP contribution < -0.4 is 0 Å². The summed E-state index contributed by atoms with van der Waals surface area (Å²) in [5.41, 5.74) is 0. The molecular formula is C10H26N2O2Si. The van der Waals surface area contributed by atoms with Crippen LogP contribution in [0.5, 0.6) is 0 Å². The maximum absolute atomic E-state index is 5.66. The highest BCUT2D eigenvalue weighted by Gasteiger charge is 2.37. The second-order valence-electron chi connectivity index (χ2n) is 3.72. The smallest absolute Gasteiger partial charge is 0.252 e. The van der Waals surface area contributed by atoms with E-state index in [1.54, 1.807) is 0 Å². The maximum Gasteiger partial charge on any atom is 0.252 e. The summed E-state index contributed by atoms with van der Waals surface area (Å²) in [4.78, 5) is 11.3. The van der Waals surface area contributed by atoms with Gasteiger partial charge in [-0.1, -0.05) is 13.8 Å². The second-order valence-corrected chi connectivity index (χ2v) is 7.71. The zero-order chi connectivity index (χ0) is 11.9. The van der Waals surface area contributed by atoms with Crippen LogP contribution in [0.3, 0.4) is 0 Å². The Hall–Kier alpha value is 0.0569. The maximum atomic E-state index is 5.66. The average molecular weight is 234 g/mol. The van der Waals surface area contributed by atoms with Crippen molar-refractivity contribution in [3.05, 3.63) is 0 Å². The minimum atomic E-state index is -1.78. The van der Waals surface area contributed by atoms with Crippen LogP contribution in [0.4, 0.5) is 0 Å². The molecule has 0 aromatic rings. The fraction of sp³-hybridized carbons (Fsp3) is 1.00. The van der Waals surface area contributed by atoms with E-state index in [1.165, 1.54) is 0 Å². The van der Waals surface area contributed by atoms with Gasteiger partial charge in [0.25, 0.3) is 8.40 Å². The first-order chi connectivity index (χ1) is 7.04. The Balaban J connectivity index is 4.55. The van der Waals surface area contributed by atoms with E-state index in [1.807, 2.05) is 13.8 Å². The van der Waals surface area contributed by atoms with Gasteiger partial charge in [0.15, 0.2) is 0 Å². The van der Waals surface area contributed by atoms with E-state index < -0.39 is 8.40 Å². The Morgan fingerprint density at radius 2 is 1.13 bits per heavy atom. The van der Waals surface area contributed by atoms with Gasteiger partial charge >= 0.3 is 0 Å². The topological polar surface area (TPSA) is 24.9 Å². The van der Waals surface area contributed by atoms with Crippen molar-refractivity contribution in [2.24, 2.45) is 0 Å². The first-order valence-electron chi connectivity index (χ1n) is 5.85. The van der Waals surface area contributed by atoms with Crippen molar-refractivity contribution in [3.8, 4) is 0 Å². The number of hydrogen-bond acceptors (Lipinski definition) is 4. The van der Waals surface area contributed by atoms with Crippen molar-refractivity contribution in [3.63, 3.8) is 0 Å². The average Bonchev–Trinajstić information content (AvgIpc) is 2.21. The molecule has 0 fully saturated rings. The third kappa shape index (κ3) is 4.20. The van der Waals surface area contributed by atoms with Gasteiger partial charge in [0, 0.05) is 13.1 Å². The number of hydrogen-bond donors (Lipinski definition) is 0. The summed E-state index contributed by atoms with van der Waals surface area (Å²) in [5.74, 6) is 0.